The van der Waals surface area contributed by atoms with Crippen molar-refractivity contribution in [1.82, 2.24) is 5.43 Å². The van der Waals surface area contributed by atoms with E-state index in [2.05, 4.69) is 33.1 Å². The third-order valence-electron chi connectivity index (χ3n) is 4.34. The van der Waals surface area contributed by atoms with Crippen LogP contribution >= 0.6 is 34.2 Å². The van der Waals surface area contributed by atoms with Crippen LogP contribution in [0, 0.1) is 3.57 Å². The van der Waals surface area contributed by atoms with Crippen LogP contribution in [0.1, 0.15) is 12.5 Å². The van der Waals surface area contributed by atoms with Crippen molar-refractivity contribution in [2.45, 2.75) is 11.8 Å². The molecule has 0 aromatic heterocycles. The van der Waals surface area contributed by atoms with Crippen LogP contribution in [0.15, 0.2) is 88.9 Å². The van der Waals surface area contributed by atoms with Gasteiger partial charge in [0.25, 0.3) is 15.9 Å². The minimum Gasteiger partial charge on any atom is -0.271 e. The molecule has 3 aromatic carbocycles. The molecular formula is C22H19ClIN3O3S. The molecule has 1 amide bonds. The van der Waals surface area contributed by atoms with E-state index in [1.807, 2.05) is 24.3 Å². The lowest BCUT2D eigenvalue weighted by Crippen LogP contribution is -2.39. The highest BCUT2D eigenvalue weighted by molar-refractivity contribution is 14.1. The molecule has 0 radical (unpaired) electrons. The Morgan fingerprint density at radius 2 is 1.61 bits per heavy atom. The third-order valence-corrected chi connectivity index (χ3v) is 7.10. The summed E-state index contributed by atoms with van der Waals surface area (Å²) >= 11 is 8.09. The van der Waals surface area contributed by atoms with Gasteiger partial charge in [0.1, 0.15) is 6.54 Å². The fourth-order valence-electron chi connectivity index (χ4n) is 2.71. The molecule has 0 bridgehead atoms. The van der Waals surface area contributed by atoms with Gasteiger partial charge in [-0.2, -0.15) is 5.10 Å². The van der Waals surface area contributed by atoms with Crippen LogP contribution in [-0.4, -0.2) is 26.6 Å². The Morgan fingerprint density at radius 1 is 1.00 bits per heavy atom. The van der Waals surface area contributed by atoms with Gasteiger partial charge in [0.15, 0.2) is 0 Å². The van der Waals surface area contributed by atoms with Crippen molar-refractivity contribution in [2.75, 3.05) is 10.8 Å². The number of amides is 1. The Kier molecular flexibility index (Phi) is 7.69. The van der Waals surface area contributed by atoms with Crippen molar-refractivity contribution < 1.29 is 13.2 Å². The number of anilines is 1. The molecule has 0 unspecified atom stereocenters. The molecule has 6 nitrogen and oxygen atoms in total. The molecule has 0 heterocycles. The van der Waals surface area contributed by atoms with Crippen LogP contribution in [0.2, 0.25) is 5.02 Å². The number of sulfonamides is 1. The summed E-state index contributed by atoms with van der Waals surface area (Å²) < 4.78 is 28.6. The maximum absolute atomic E-state index is 13.2. The molecule has 0 saturated heterocycles. The van der Waals surface area contributed by atoms with Crippen LogP contribution in [-0.2, 0) is 14.8 Å². The highest BCUT2D eigenvalue weighted by Crippen LogP contribution is 2.24. The van der Waals surface area contributed by atoms with Crippen LogP contribution in [0.25, 0.3) is 0 Å². The van der Waals surface area contributed by atoms with Gasteiger partial charge in [-0.3, -0.25) is 9.10 Å². The number of hydrogen-bond donors (Lipinski definition) is 1. The molecule has 0 fully saturated rings. The Balaban J connectivity index is 1.83. The SMILES string of the molecule is C/C(=N/NC(=O)CN(c1ccccc1)S(=O)(=O)c1ccc(Cl)cc1)c1ccc(I)cc1. The summed E-state index contributed by atoms with van der Waals surface area (Å²) in [6, 6.07) is 21.9. The number of nitrogens with one attached hydrogen (secondary N) is 1. The number of carbonyl (C=O) groups excluding carboxylic acids is 1. The monoisotopic (exact) mass is 567 g/mol. The van der Waals surface area contributed by atoms with Gasteiger partial charge in [-0.15, -0.1) is 0 Å². The number of halogens is 2. The molecule has 1 N–H and O–H groups in total. The van der Waals surface area contributed by atoms with E-state index in [0.29, 0.717) is 16.4 Å². The van der Waals surface area contributed by atoms with Crippen molar-refractivity contribution in [3.63, 3.8) is 0 Å². The molecule has 0 aliphatic heterocycles. The second-order valence-electron chi connectivity index (χ2n) is 6.54. The normalized spacial score (nSPS) is 11.8. The van der Waals surface area contributed by atoms with E-state index in [1.165, 1.54) is 24.3 Å². The summed E-state index contributed by atoms with van der Waals surface area (Å²) in [7, 11) is -4.00. The van der Waals surface area contributed by atoms with Gasteiger partial charge in [0.2, 0.25) is 0 Å². The molecule has 9 heteroatoms. The standard InChI is InChI=1S/C22H19ClIN3O3S/c1-16(17-7-11-19(24)12-8-17)25-26-22(28)15-27(20-5-3-2-4-6-20)31(29,30)21-13-9-18(23)10-14-21/h2-14H,15H2,1H3,(H,26,28)/b25-16-. The van der Waals surface area contributed by atoms with E-state index in [-0.39, 0.29) is 4.90 Å². The molecular weight excluding hydrogens is 549 g/mol. The largest absolute Gasteiger partial charge is 0.271 e. The average Bonchev–Trinajstić information content (AvgIpc) is 2.77. The van der Waals surface area contributed by atoms with Crippen molar-refractivity contribution in [3.05, 3.63) is 93.0 Å². The molecule has 3 rings (SSSR count). The minimum absolute atomic E-state index is 0.0344. The third kappa shape index (κ3) is 6.05. The number of hydrazone groups is 1. The van der Waals surface area contributed by atoms with Crippen LogP contribution in [0.5, 0.6) is 0 Å². The highest BCUT2D eigenvalue weighted by atomic mass is 127. The van der Waals surface area contributed by atoms with Gasteiger partial charge < -0.3 is 0 Å². The lowest BCUT2D eigenvalue weighted by atomic mass is 10.1. The predicted molar refractivity (Wildman–Crippen MR) is 132 cm³/mol. The van der Waals surface area contributed by atoms with E-state index in [9.17, 15) is 13.2 Å². The Labute approximate surface area is 200 Å². The molecule has 0 aliphatic carbocycles. The average molecular weight is 568 g/mol. The lowest BCUT2D eigenvalue weighted by Gasteiger charge is -2.23. The molecule has 0 spiro atoms. The molecule has 3 aromatic rings. The van der Waals surface area contributed by atoms with Crippen molar-refractivity contribution >= 4 is 61.5 Å². The van der Waals surface area contributed by atoms with Crippen LogP contribution in [0.4, 0.5) is 5.69 Å². The van der Waals surface area contributed by atoms with E-state index in [1.54, 1.807) is 37.3 Å². The van der Waals surface area contributed by atoms with Gasteiger partial charge >= 0.3 is 0 Å². The first kappa shape index (κ1) is 23.2. The second kappa shape index (κ2) is 10.3. The highest BCUT2D eigenvalue weighted by Gasteiger charge is 2.27. The first-order valence-electron chi connectivity index (χ1n) is 9.20. The van der Waals surface area contributed by atoms with Crippen molar-refractivity contribution in [3.8, 4) is 0 Å². The van der Waals surface area contributed by atoms with E-state index < -0.39 is 22.5 Å². The second-order valence-corrected chi connectivity index (χ2v) is 10.1. The maximum atomic E-state index is 13.2. The topological polar surface area (TPSA) is 78.8 Å². The molecule has 0 aliphatic rings. The summed E-state index contributed by atoms with van der Waals surface area (Å²) in [5, 5.41) is 4.53. The van der Waals surface area contributed by atoms with Crippen molar-refractivity contribution in [1.29, 1.82) is 0 Å². The number of para-hydroxylation sites is 1. The summed E-state index contributed by atoms with van der Waals surface area (Å²) in [4.78, 5) is 12.6. The zero-order valence-electron chi connectivity index (χ0n) is 16.5. The molecule has 31 heavy (non-hydrogen) atoms. The Hall–Kier alpha value is -2.43. The van der Waals surface area contributed by atoms with Gasteiger partial charge in [-0.25, -0.2) is 13.8 Å². The fraction of sp³-hybridized carbons (Fsp3) is 0.0909. The van der Waals surface area contributed by atoms with Gasteiger partial charge in [-0.05, 0) is 83.6 Å². The van der Waals surface area contributed by atoms with E-state index in [4.69, 9.17) is 11.6 Å². The van der Waals surface area contributed by atoms with Crippen LogP contribution < -0.4 is 9.73 Å². The molecule has 160 valence electrons. The summed E-state index contributed by atoms with van der Waals surface area (Å²) in [5.41, 5.74) is 4.28. The fourth-order valence-corrected chi connectivity index (χ4v) is 4.62. The zero-order valence-corrected chi connectivity index (χ0v) is 20.2. The first-order valence-corrected chi connectivity index (χ1v) is 12.1. The number of nitrogens with zero attached hydrogens (tertiary/aromatic N) is 2. The first-order chi connectivity index (χ1) is 14.8. The summed E-state index contributed by atoms with van der Waals surface area (Å²) in [6.45, 7) is 1.33. The minimum atomic E-state index is -4.00. The number of hydrogen-bond acceptors (Lipinski definition) is 4. The van der Waals surface area contributed by atoms with E-state index in [0.717, 1.165) is 13.4 Å². The Bertz CT molecular complexity index is 1180. The van der Waals surface area contributed by atoms with Gasteiger partial charge in [0, 0.05) is 8.59 Å². The van der Waals surface area contributed by atoms with Gasteiger partial charge in [0.05, 0.1) is 16.3 Å². The zero-order chi connectivity index (χ0) is 22.4. The predicted octanol–water partition coefficient (Wildman–Crippen LogP) is 4.68. The summed E-state index contributed by atoms with van der Waals surface area (Å²) in [6.07, 6.45) is 0. The maximum Gasteiger partial charge on any atom is 0.264 e. The summed E-state index contributed by atoms with van der Waals surface area (Å²) in [5.74, 6) is -0.564. The van der Waals surface area contributed by atoms with E-state index >= 15 is 0 Å². The lowest BCUT2D eigenvalue weighted by molar-refractivity contribution is -0.119. The molecule has 0 saturated carbocycles. The van der Waals surface area contributed by atoms with Crippen LogP contribution in [0.3, 0.4) is 0 Å². The number of carbonyl (C=O) groups is 1. The van der Waals surface area contributed by atoms with Crippen molar-refractivity contribution in [2.24, 2.45) is 5.10 Å². The molecule has 0 atom stereocenters. The quantitative estimate of drug-likeness (QED) is 0.256. The number of benzene rings is 3. The number of rotatable bonds is 7. The Morgan fingerprint density at radius 3 is 2.23 bits per heavy atom. The van der Waals surface area contributed by atoms with Gasteiger partial charge in [-0.1, -0.05) is 41.9 Å². The smallest absolute Gasteiger partial charge is 0.264 e.